The molecule has 2 fully saturated rings. The molecule has 126 valence electrons. The number of carboxylic acid groups (broad SMARTS) is 1. The first kappa shape index (κ1) is 16.3. The number of nitrogens with one attached hydrogen (secondary N) is 1. The minimum Gasteiger partial charge on any atom is -0.465 e. The highest BCUT2D eigenvalue weighted by molar-refractivity contribution is 5.65. The largest absolute Gasteiger partial charge is 0.465 e. The van der Waals surface area contributed by atoms with Crippen LogP contribution in [-0.4, -0.2) is 41.8 Å². The van der Waals surface area contributed by atoms with Crippen LogP contribution in [0.2, 0.25) is 0 Å². The maximum absolute atomic E-state index is 11.7. The minimum atomic E-state index is -0.757. The first-order valence-electron chi connectivity index (χ1n) is 8.93. The molecular weight excluding hydrogens is 288 g/mol. The maximum Gasteiger partial charge on any atom is 0.407 e. The van der Waals surface area contributed by atoms with Gasteiger partial charge in [-0.25, -0.2) is 4.79 Å². The van der Waals surface area contributed by atoms with Crippen LogP contribution in [0.25, 0.3) is 0 Å². The molecule has 1 spiro atoms. The lowest BCUT2D eigenvalue weighted by atomic mass is 9.67. The van der Waals surface area contributed by atoms with Gasteiger partial charge in [-0.2, -0.15) is 0 Å². The number of piperidine rings is 1. The molecule has 1 aromatic rings. The number of rotatable bonds is 4. The summed E-state index contributed by atoms with van der Waals surface area (Å²) in [7, 11) is 0. The average Bonchev–Trinajstić information content (AvgIpc) is 2.58. The SMILES string of the molecule is O=C(O)N(CCc1ccccc1)C1CCC2(CCNCC2)CC1. The topological polar surface area (TPSA) is 52.6 Å². The summed E-state index contributed by atoms with van der Waals surface area (Å²) in [6.07, 6.45) is 7.00. The van der Waals surface area contributed by atoms with Gasteiger partial charge in [0.15, 0.2) is 0 Å². The highest BCUT2D eigenvalue weighted by Gasteiger charge is 2.38. The van der Waals surface area contributed by atoms with Crippen LogP contribution in [-0.2, 0) is 6.42 Å². The number of benzene rings is 1. The lowest BCUT2D eigenvalue weighted by Crippen LogP contribution is -2.47. The summed E-state index contributed by atoms with van der Waals surface area (Å²) < 4.78 is 0. The van der Waals surface area contributed by atoms with Gasteiger partial charge in [0.05, 0.1) is 0 Å². The second kappa shape index (κ2) is 7.35. The summed E-state index contributed by atoms with van der Waals surface area (Å²) in [5.41, 5.74) is 1.70. The van der Waals surface area contributed by atoms with Gasteiger partial charge in [-0.15, -0.1) is 0 Å². The molecule has 1 amide bonds. The molecule has 1 saturated heterocycles. The maximum atomic E-state index is 11.7. The molecule has 0 aromatic heterocycles. The van der Waals surface area contributed by atoms with Gasteiger partial charge in [0.2, 0.25) is 0 Å². The van der Waals surface area contributed by atoms with Crippen LogP contribution >= 0.6 is 0 Å². The molecule has 2 N–H and O–H groups in total. The van der Waals surface area contributed by atoms with E-state index in [1.807, 2.05) is 18.2 Å². The Morgan fingerprint density at radius 2 is 1.78 bits per heavy atom. The number of nitrogens with zero attached hydrogens (tertiary/aromatic N) is 1. The van der Waals surface area contributed by atoms with E-state index in [1.54, 1.807) is 4.90 Å². The van der Waals surface area contributed by atoms with Crippen molar-refractivity contribution in [2.45, 2.75) is 51.0 Å². The number of carbonyl (C=O) groups is 1. The standard InChI is InChI=1S/C19H28N2O2/c22-18(23)21(15-8-16-4-2-1-3-5-16)17-6-9-19(10-7-17)11-13-20-14-12-19/h1-5,17,20H,6-15H2,(H,22,23). The van der Waals surface area contributed by atoms with Gasteiger partial charge < -0.3 is 15.3 Å². The summed E-state index contributed by atoms with van der Waals surface area (Å²) in [6.45, 7) is 2.86. The minimum absolute atomic E-state index is 0.205. The summed E-state index contributed by atoms with van der Waals surface area (Å²) >= 11 is 0. The van der Waals surface area contributed by atoms with Crippen LogP contribution in [0.15, 0.2) is 30.3 Å². The Morgan fingerprint density at radius 3 is 2.39 bits per heavy atom. The average molecular weight is 316 g/mol. The third-order valence-corrected chi connectivity index (χ3v) is 5.85. The molecule has 1 aliphatic heterocycles. The van der Waals surface area contributed by atoms with Gasteiger partial charge in [-0.3, -0.25) is 0 Å². The lowest BCUT2D eigenvalue weighted by molar-refractivity contribution is 0.0625. The number of hydrogen-bond donors (Lipinski definition) is 2. The van der Waals surface area contributed by atoms with Gasteiger partial charge in [-0.05, 0) is 69.0 Å². The van der Waals surface area contributed by atoms with E-state index >= 15 is 0 Å². The van der Waals surface area contributed by atoms with Gasteiger partial charge in [0.25, 0.3) is 0 Å². The fourth-order valence-corrected chi connectivity index (χ4v) is 4.31. The molecule has 1 saturated carbocycles. The molecule has 0 bridgehead atoms. The summed E-state index contributed by atoms with van der Waals surface area (Å²) in [5.74, 6) is 0. The van der Waals surface area contributed by atoms with E-state index in [4.69, 9.17) is 0 Å². The van der Waals surface area contributed by atoms with Crippen molar-refractivity contribution in [1.29, 1.82) is 0 Å². The van der Waals surface area contributed by atoms with Gasteiger partial charge >= 0.3 is 6.09 Å². The third-order valence-electron chi connectivity index (χ3n) is 5.85. The molecule has 3 rings (SSSR count). The van der Waals surface area contributed by atoms with Crippen molar-refractivity contribution in [2.75, 3.05) is 19.6 Å². The molecular formula is C19H28N2O2. The molecule has 0 radical (unpaired) electrons. The first-order chi connectivity index (χ1) is 11.2. The van der Waals surface area contributed by atoms with Crippen molar-refractivity contribution in [3.05, 3.63) is 35.9 Å². The van der Waals surface area contributed by atoms with E-state index in [0.29, 0.717) is 12.0 Å². The second-order valence-corrected chi connectivity index (χ2v) is 7.19. The van der Waals surface area contributed by atoms with Crippen molar-refractivity contribution in [3.8, 4) is 0 Å². The number of amides is 1. The fourth-order valence-electron chi connectivity index (χ4n) is 4.31. The molecule has 0 atom stereocenters. The van der Waals surface area contributed by atoms with E-state index in [2.05, 4.69) is 17.4 Å². The predicted molar refractivity (Wildman–Crippen MR) is 91.7 cm³/mol. The van der Waals surface area contributed by atoms with E-state index < -0.39 is 6.09 Å². The van der Waals surface area contributed by atoms with Crippen LogP contribution in [0.3, 0.4) is 0 Å². The Bertz CT molecular complexity index is 501. The Hall–Kier alpha value is -1.55. The molecule has 4 heteroatoms. The van der Waals surface area contributed by atoms with Crippen LogP contribution in [0.5, 0.6) is 0 Å². The molecule has 1 aliphatic carbocycles. The molecule has 2 aliphatic rings. The molecule has 1 heterocycles. The highest BCUT2D eigenvalue weighted by atomic mass is 16.4. The Balaban J connectivity index is 1.56. The zero-order valence-electron chi connectivity index (χ0n) is 13.8. The van der Waals surface area contributed by atoms with Crippen molar-refractivity contribution in [1.82, 2.24) is 10.2 Å². The molecule has 1 aromatic carbocycles. The lowest BCUT2D eigenvalue weighted by Gasteiger charge is -2.45. The fraction of sp³-hybridized carbons (Fsp3) is 0.632. The van der Waals surface area contributed by atoms with E-state index in [0.717, 1.165) is 32.4 Å². The monoisotopic (exact) mass is 316 g/mol. The van der Waals surface area contributed by atoms with E-state index in [1.165, 1.54) is 31.2 Å². The Kier molecular flexibility index (Phi) is 5.21. The van der Waals surface area contributed by atoms with Crippen LogP contribution in [0.4, 0.5) is 4.79 Å². The third kappa shape index (κ3) is 4.05. The quantitative estimate of drug-likeness (QED) is 0.893. The van der Waals surface area contributed by atoms with Crippen LogP contribution in [0.1, 0.15) is 44.1 Å². The molecule has 23 heavy (non-hydrogen) atoms. The zero-order chi connectivity index (χ0) is 16.1. The highest BCUT2D eigenvalue weighted by Crippen LogP contribution is 2.44. The smallest absolute Gasteiger partial charge is 0.407 e. The van der Waals surface area contributed by atoms with Gasteiger partial charge in [0, 0.05) is 12.6 Å². The Labute approximate surface area is 138 Å². The van der Waals surface area contributed by atoms with Crippen molar-refractivity contribution >= 4 is 6.09 Å². The molecule has 0 unspecified atom stereocenters. The Morgan fingerprint density at radius 1 is 1.13 bits per heavy atom. The zero-order valence-corrected chi connectivity index (χ0v) is 13.8. The van der Waals surface area contributed by atoms with Gasteiger partial charge in [0.1, 0.15) is 0 Å². The number of hydrogen-bond acceptors (Lipinski definition) is 2. The van der Waals surface area contributed by atoms with E-state index in [9.17, 15) is 9.90 Å². The predicted octanol–water partition coefficient (Wildman–Crippen LogP) is 3.52. The summed E-state index contributed by atoms with van der Waals surface area (Å²) in [6, 6.07) is 10.4. The van der Waals surface area contributed by atoms with E-state index in [-0.39, 0.29) is 6.04 Å². The van der Waals surface area contributed by atoms with Crippen molar-refractivity contribution in [2.24, 2.45) is 5.41 Å². The second-order valence-electron chi connectivity index (χ2n) is 7.19. The van der Waals surface area contributed by atoms with Crippen molar-refractivity contribution < 1.29 is 9.90 Å². The first-order valence-corrected chi connectivity index (χ1v) is 8.93. The summed E-state index contributed by atoms with van der Waals surface area (Å²) in [4.78, 5) is 13.4. The van der Waals surface area contributed by atoms with Crippen LogP contribution in [0, 0.1) is 5.41 Å². The molecule has 4 nitrogen and oxygen atoms in total. The van der Waals surface area contributed by atoms with Crippen LogP contribution < -0.4 is 5.32 Å². The normalized spacial score (nSPS) is 21.2. The van der Waals surface area contributed by atoms with Crippen molar-refractivity contribution in [3.63, 3.8) is 0 Å². The van der Waals surface area contributed by atoms with Gasteiger partial charge in [-0.1, -0.05) is 30.3 Å². The summed E-state index contributed by atoms with van der Waals surface area (Å²) in [5, 5.41) is 13.1.